The van der Waals surface area contributed by atoms with E-state index in [4.69, 9.17) is 4.74 Å². The molecular weight excluding hydrogens is 450 g/mol. The maximum Gasteiger partial charge on any atom is 0.244 e. The predicted octanol–water partition coefficient (Wildman–Crippen LogP) is 3.06. The topological polar surface area (TPSA) is 113 Å². The highest BCUT2D eigenvalue weighted by molar-refractivity contribution is 7.93. The van der Waals surface area contributed by atoms with Crippen LogP contribution in [0.3, 0.4) is 0 Å². The van der Waals surface area contributed by atoms with Gasteiger partial charge in [-0.3, -0.25) is 4.40 Å². The van der Waals surface area contributed by atoms with Crippen molar-refractivity contribution in [3.8, 4) is 0 Å². The molecule has 2 heterocycles. The number of aromatic nitrogens is 2. The molecule has 1 saturated carbocycles. The largest absolute Gasteiger partial charge is 0.496 e. The molecule has 2 aliphatic rings. The summed E-state index contributed by atoms with van der Waals surface area (Å²) in [5, 5.41) is 20.1. The predicted molar refractivity (Wildman–Crippen MR) is 124 cm³/mol. The van der Waals surface area contributed by atoms with Crippen LogP contribution < -0.4 is 4.72 Å². The van der Waals surface area contributed by atoms with Crippen molar-refractivity contribution in [3.05, 3.63) is 45.3 Å². The second-order valence-electron chi connectivity index (χ2n) is 9.16. The lowest BCUT2D eigenvalue weighted by molar-refractivity contribution is 0.0822. The number of aliphatic hydroxyl groups is 2. The Labute approximate surface area is 192 Å². The second kappa shape index (κ2) is 8.57. The number of thiazole rings is 1. The average Bonchev–Trinajstić information content (AvgIpc) is 3.26. The minimum Gasteiger partial charge on any atom is -0.496 e. The van der Waals surface area contributed by atoms with E-state index < -0.39 is 15.6 Å². The van der Waals surface area contributed by atoms with Crippen molar-refractivity contribution in [1.82, 2.24) is 14.1 Å². The summed E-state index contributed by atoms with van der Waals surface area (Å²) in [4.78, 5) is 6.35. The van der Waals surface area contributed by atoms with Gasteiger partial charge in [-0.2, -0.15) is 0 Å². The van der Waals surface area contributed by atoms with Crippen LogP contribution >= 0.6 is 11.3 Å². The fraction of sp³-hybridized carbons (Fsp3) is 0.591. The molecule has 176 valence electrons. The van der Waals surface area contributed by atoms with Crippen LogP contribution in [0, 0.1) is 6.92 Å². The number of rotatable bonds is 6. The van der Waals surface area contributed by atoms with Crippen molar-refractivity contribution in [3.63, 3.8) is 0 Å². The standard InChI is InChI=1S/C22H31N3O5S2/c1-13-20(25-12-19(22(2,3)27)31-21(25)23-13)14-5-10-17(30-4)18(11-14)32(28,29)24-15-6-8-16(26)9-7-15/h10-12,14-16,24,26-27H,5-9H2,1-4H3. The highest BCUT2D eigenvalue weighted by Gasteiger charge is 2.33. The number of methoxy groups -OCH3 is 1. The maximum absolute atomic E-state index is 13.3. The minimum atomic E-state index is -3.80. The van der Waals surface area contributed by atoms with Gasteiger partial charge in [-0.1, -0.05) is 17.4 Å². The number of aliphatic hydroxyl groups excluding tert-OH is 1. The molecule has 0 amide bonds. The molecule has 1 fully saturated rings. The summed E-state index contributed by atoms with van der Waals surface area (Å²) in [6.07, 6.45) is 8.09. The zero-order chi connectivity index (χ0) is 23.3. The lowest BCUT2D eigenvalue weighted by Gasteiger charge is -2.28. The van der Waals surface area contributed by atoms with Gasteiger partial charge in [0.05, 0.1) is 35.1 Å². The molecule has 2 aromatic heterocycles. The highest BCUT2D eigenvalue weighted by atomic mass is 32.2. The number of aryl methyl sites for hydroxylation is 1. The summed E-state index contributed by atoms with van der Waals surface area (Å²) >= 11 is 1.43. The first kappa shape index (κ1) is 23.4. The fourth-order valence-corrected chi connectivity index (χ4v) is 7.05. The summed E-state index contributed by atoms with van der Waals surface area (Å²) in [5.41, 5.74) is 0.764. The van der Waals surface area contributed by atoms with E-state index in [1.807, 2.05) is 23.6 Å². The number of imidazole rings is 1. The van der Waals surface area contributed by atoms with Gasteiger partial charge in [-0.25, -0.2) is 18.1 Å². The summed E-state index contributed by atoms with van der Waals surface area (Å²) in [6.45, 7) is 5.39. The summed E-state index contributed by atoms with van der Waals surface area (Å²) in [6, 6.07) is -0.197. The average molecular weight is 482 g/mol. The normalized spacial score (nSPS) is 25.0. The Morgan fingerprint density at radius 2 is 1.97 bits per heavy atom. The Hall–Kier alpha value is -1.72. The van der Waals surface area contributed by atoms with Crippen LogP contribution in [0.25, 0.3) is 4.96 Å². The van der Waals surface area contributed by atoms with Crippen LogP contribution in [0.5, 0.6) is 0 Å². The lowest BCUT2D eigenvalue weighted by atomic mass is 9.94. The first-order valence-corrected chi connectivity index (χ1v) is 13.2. The van der Waals surface area contributed by atoms with Crippen molar-refractivity contribution in [2.24, 2.45) is 0 Å². The van der Waals surface area contributed by atoms with E-state index in [9.17, 15) is 18.6 Å². The minimum absolute atomic E-state index is 0.134. The maximum atomic E-state index is 13.3. The second-order valence-corrected chi connectivity index (χ2v) is 11.9. The van der Waals surface area contributed by atoms with E-state index in [1.54, 1.807) is 19.9 Å². The number of hydrogen-bond acceptors (Lipinski definition) is 7. The number of ether oxygens (including phenoxy) is 1. The van der Waals surface area contributed by atoms with Crippen molar-refractivity contribution >= 4 is 26.3 Å². The SMILES string of the molecule is COC1=CCC(c2c(C)nc3sc(C(C)(C)O)cn23)C=C1S(=O)(=O)NC1CCC(O)CC1. The van der Waals surface area contributed by atoms with Crippen molar-refractivity contribution in [2.45, 2.75) is 76.5 Å². The number of sulfonamides is 1. The van der Waals surface area contributed by atoms with Gasteiger partial charge in [-0.05, 0) is 59.0 Å². The van der Waals surface area contributed by atoms with Gasteiger partial charge in [-0.15, -0.1) is 0 Å². The van der Waals surface area contributed by atoms with E-state index in [-0.39, 0.29) is 23.0 Å². The van der Waals surface area contributed by atoms with E-state index in [0.29, 0.717) is 37.9 Å². The van der Waals surface area contributed by atoms with Crippen LogP contribution in [0.2, 0.25) is 0 Å². The third kappa shape index (κ3) is 4.51. The molecule has 0 spiro atoms. The Balaban J connectivity index is 1.69. The third-order valence-corrected chi connectivity index (χ3v) is 9.04. The molecule has 0 aromatic carbocycles. The number of allylic oxidation sites excluding steroid dienone is 2. The molecule has 2 aliphatic carbocycles. The fourth-order valence-electron chi connectivity index (χ4n) is 4.44. The van der Waals surface area contributed by atoms with E-state index in [1.165, 1.54) is 18.4 Å². The molecule has 4 rings (SSSR count). The molecule has 1 atom stereocenters. The summed E-state index contributed by atoms with van der Waals surface area (Å²) in [5.74, 6) is 0.137. The zero-order valence-corrected chi connectivity index (χ0v) is 20.5. The number of hydrogen-bond donors (Lipinski definition) is 3. The van der Waals surface area contributed by atoms with Gasteiger partial charge in [0.15, 0.2) is 4.96 Å². The molecule has 0 aliphatic heterocycles. The zero-order valence-electron chi connectivity index (χ0n) is 18.8. The van der Waals surface area contributed by atoms with Crippen LogP contribution in [-0.2, 0) is 20.4 Å². The van der Waals surface area contributed by atoms with Crippen molar-refractivity contribution in [1.29, 1.82) is 0 Å². The van der Waals surface area contributed by atoms with Crippen LogP contribution in [0.4, 0.5) is 0 Å². The van der Waals surface area contributed by atoms with Gasteiger partial charge in [0.2, 0.25) is 10.0 Å². The molecule has 8 nitrogen and oxygen atoms in total. The van der Waals surface area contributed by atoms with Crippen molar-refractivity contribution in [2.75, 3.05) is 7.11 Å². The van der Waals surface area contributed by atoms with E-state index in [0.717, 1.165) is 21.2 Å². The number of fused-ring (bicyclic) bond motifs is 1. The summed E-state index contributed by atoms with van der Waals surface area (Å²) < 4.78 is 36.8. The molecule has 0 radical (unpaired) electrons. The van der Waals surface area contributed by atoms with E-state index in [2.05, 4.69) is 9.71 Å². The van der Waals surface area contributed by atoms with E-state index >= 15 is 0 Å². The van der Waals surface area contributed by atoms with Crippen LogP contribution in [0.15, 0.2) is 29.0 Å². The van der Waals surface area contributed by atoms with Gasteiger partial charge in [0.1, 0.15) is 10.7 Å². The van der Waals surface area contributed by atoms with Crippen LogP contribution in [-0.4, -0.2) is 47.3 Å². The molecule has 0 bridgehead atoms. The lowest BCUT2D eigenvalue weighted by Crippen LogP contribution is -2.39. The highest BCUT2D eigenvalue weighted by Crippen LogP contribution is 2.38. The first-order chi connectivity index (χ1) is 15.0. The number of nitrogens with one attached hydrogen (secondary N) is 1. The molecule has 32 heavy (non-hydrogen) atoms. The van der Waals surface area contributed by atoms with Gasteiger partial charge >= 0.3 is 0 Å². The molecular formula is C22H31N3O5S2. The molecule has 2 aromatic rings. The quantitative estimate of drug-likeness (QED) is 0.584. The number of nitrogens with zero attached hydrogens (tertiary/aromatic N) is 2. The molecule has 10 heteroatoms. The summed E-state index contributed by atoms with van der Waals surface area (Å²) in [7, 11) is -2.33. The molecule has 1 unspecified atom stereocenters. The van der Waals surface area contributed by atoms with Gasteiger partial charge in [0.25, 0.3) is 0 Å². The Morgan fingerprint density at radius 1 is 1.28 bits per heavy atom. The monoisotopic (exact) mass is 481 g/mol. The molecule has 0 saturated heterocycles. The Kier molecular flexibility index (Phi) is 6.28. The van der Waals surface area contributed by atoms with Crippen molar-refractivity contribution < 1.29 is 23.4 Å². The first-order valence-electron chi connectivity index (χ1n) is 10.9. The molecule has 3 N–H and O–H groups in total. The van der Waals surface area contributed by atoms with Gasteiger partial charge in [0, 0.05) is 18.2 Å². The Bertz CT molecular complexity index is 1160. The van der Waals surface area contributed by atoms with Crippen LogP contribution in [0.1, 0.15) is 68.1 Å². The van der Waals surface area contributed by atoms with Gasteiger partial charge < -0.3 is 14.9 Å². The smallest absolute Gasteiger partial charge is 0.244 e. The Morgan fingerprint density at radius 3 is 2.59 bits per heavy atom. The third-order valence-electron chi connectivity index (χ3n) is 6.18.